The quantitative estimate of drug-likeness (QED) is 0.809. The van der Waals surface area contributed by atoms with Crippen LogP contribution in [0.25, 0.3) is 0 Å². The molecule has 1 fully saturated rings. The normalized spacial score (nSPS) is 27.1. The van der Waals surface area contributed by atoms with Crippen molar-refractivity contribution in [2.24, 2.45) is 5.92 Å². The summed E-state index contributed by atoms with van der Waals surface area (Å²) in [5, 5.41) is 5.94. The van der Waals surface area contributed by atoms with Gasteiger partial charge in [0.05, 0.1) is 16.4 Å². The summed E-state index contributed by atoms with van der Waals surface area (Å²) in [6, 6.07) is 2.77. The van der Waals surface area contributed by atoms with Crippen LogP contribution in [-0.4, -0.2) is 11.4 Å². The SMILES string of the molecule is CC1(C2CC2)Nc2cc(F)c(Cl)cc2NC1=O. The molecule has 0 radical (unpaired) electrons. The van der Waals surface area contributed by atoms with Crippen LogP contribution in [-0.2, 0) is 4.79 Å². The molecule has 1 atom stereocenters. The van der Waals surface area contributed by atoms with Crippen LogP contribution in [0, 0.1) is 11.7 Å². The molecule has 0 bridgehead atoms. The van der Waals surface area contributed by atoms with Crippen LogP contribution in [0.1, 0.15) is 19.8 Å². The standard InChI is InChI=1S/C12H12ClFN2O/c1-12(6-2-3-6)11(17)15-9-4-7(13)8(14)5-10(9)16-12/h4-6,16H,2-3H2,1H3,(H,15,17). The average molecular weight is 255 g/mol. The van der Waals surface area contributed by atoms with Crippen molar-refractivity contribution in [2.45, 2.75) is 25.3 Å². The fourth-order valence-electron chi connectivity index (χ4n) is 2.29. The molecule has 3 nitrogen and oxygen atoms in total. The van der Waals surface area contributed by atoms with E-state index in [-0.39, 0.29) is 10.9 Å². The van der Waals surface area contributed by atoms with Gasteiger partial charge < -0.3 is 10.6 Å². The van der Waals surface area contributed by atoms with Crippen LogP contribution in [0.4, 0.5) is 15.8 Å². The Balaban J connectivity index is 2.04. The van der Waals surface area contributed by atoms with Gasteiger partial charge in [-0.05, 0) is 31.7 Å². The van der Waals surface area contributed by atoms with E-state index in [4.69, 9.17) is 11.6 Å². The first-order valence-corrected chi connectivity index (χ1v) is 5.97. The maximum absolute atomic E-state index is 13.4. The number of halogens is 2. The van der Waals surface area contributed by atoms with Gasteiger partial charge in [0.25, 0.3) is 0 Å². The maximum Gasteiger partial charge on any atom is 0.250 e. The van der Waals surface area contributed by atoms with E-state index in [1.54, 1.807) is 0 Å². The number of anilines is 2. The average Bonchev–Trinajstić information content (AvgIpc) is 3.07. The molecule has 0 spiro atoms. The van der Waals surface area contributed by atoms with Crippen LogP contribution >= 0.6 is 11.6 Å². The Morgan fingerprint density at radius 3 is 2.76 bits per heavy atom. The minimum absolute atomic E-state index is 0.0147. The number of amides is 1. The molecule has 0 aromatic heterocycles. The molecule has 5 heteroatoms. The summed E-state index contributed by atoms with van der Waals surface area (Å²) in [5.74, 6) is -0.225. The highest BCUT2D eigenvalue weighted by atomic mass is 35.5. The highest BCUT2D eigenvalue weighted by Crippen LogP contribution is 2.45. The Hall–Kier alpha value is -1.29. The van der Waals surface area contributed by atoms with E-state index in [0.717, 1.165) is 12.8 Å². The van der Waals surface area contributed by atoms with Crippen LogP contribution < -0.4 is 10.6 Å². The second-order valence-corrected chi connectivity index (χ2v) is 5.27. The summed E-state index contributed by atoms with van der Waals surface area (Å²) in [6.45, 7) is 1.86. The Morgan fingerprint density at radius 1 is 1.41 bits per heavy atom. The Labute approximate surface area is 103 Å². The van der Waals surface area contributed by atoms with Gasteiger partial charge in [-0.25, -0.2) is 4.39 Å². The smallest absolute Gasteiger partial charge is 0.250 e. The van der Waals surface area contributed by atoms with Gasteiger partial charge in [0, 0.05) is 6.07 Å². The van der Waals surface area contributed by atoms with E-state index in [1.807, 2.05) is 6.92 Å². The van der Waals surface area contributed by atoms with E-state index >= 15 is 0 Å². The monoisotopic (exact) mass is 254 g/mol. The second kappa shape index (κ2) is 3.35. The van der Waals surface area contributed by atoms with Crippen LogP contribution in [0.3, 0.4) is 0 Å². The molecule has 2 N–H and O–H groups in total. The first kappa shape index (κ1) is 10.8. The van der Waals surface area contributed by atoms with Crippen molar-refractivity contribution in [2.75, 3.05) is 10.6 Å². The minimum atomic E-state index is -0.632. The molecule has 1 saturated carbocycles. The van der Waals surface area contributed by atoms with Crippen molar-refractivity contribution in [1.82, 2.24) is 0 Å². The van der Waals surface area contributed by atoms with E-state index in [0.29, 0.717) is 17.3 Å². The molecule has 1 aromatic carbocycles. The largest absolute Gasteiger partial charge is 0.369 e. The number of nitrogens with one attached hydrogen (secondary N) is 2. The van der Waals surface area contributed by atoms with Crippen molar-refractivity contribution in [3.05, 3.63) is 23.0 Å². The molecule has 3 rings (SSSR count). The van der Waals surface area contributed by atoms with Gasteiger partial charge >= 0.3 is 0 Å². The Bertz CT molecular complexity index is 515. The van der Waals surface area contributed by atoms with E-state index in [1.165, 1.54) is 12.1 Å². The molecule has 2 aliphatic rings. The van der Waals surface area contributed by atoms with Crippen LogP contribution in [0.2, 0.25) is 5.02 Å². The Morgan fingerprint density at radius 2 is 2.12 bits per heavy atom. The summed E-state index contributed by atoms with van der Waals surface area (Å²) in [4.78, 5) is 12.0. The lowest BCUT2D eigenvalue weighted by Crippen LogP contribution is -2.51. The zero-order valence-electron chi connectivity index (χ0n) is 9.31. The predicted molar refractivity (Wildman–Crippen MR) is 64.8 cm³/mol. The van der Waals surface area contributed by atoms with Gasteiger partial charge in [-0.3, -0.25) is 4.79 Å². The van der Waals surface area contributed by atoms with Crippen molar-refractivity contribution >= 4 is 28.9 Å². The van der Waals surface area contributed by atoms with Gasteiger partial charge in [-0.1, -0.05) is 11.6 Å². The topological polar surface area (TPSA) is 41.1 Å². The van der Waals surface area contributed by atoms with Crippen LogP contribution in [0.15, 0.2) is 12.1 Å². The molecule has 0 saturated heterocycles. The molecule has 1 aliphatic carbocycles. The van der Waals surface area contributed by atoms with Crippen molar-refractivity contribution in [3.8, 4) is 0 Å². The lowest BCUT2D eigenvalue weighted by molar-refractivity contribution is -0.120. The number of hydrogen-bond donors (Lipinski definition) is 2. The third-order valence-corrected chi connectivity index (χ3v) is 3.86. The predicted octanol–water partition coefficient (Wildman–Crippen LogP) is 3.01. The minimum Gasteiger partial charge on any atom is -0.369 e. The molecule has 1 unspecified atom stereocenters. The van der Waals surface area contributed by atoms with E-state index < -0.39 is 11.4 Å². The third-order valence-electron chi connectivity index (χ3n) is 3.57. The fourth-order valence-corrected chi connectivity index (χ4v) is 2.45. The Kier molecular flexibility index (Phi) is 2.14. The maximum atomic E-state index is 13.4. The number of rotatable bonds is 1. The molecule has 90 valence electrons. The van der Waals surface area contributed by atoms with Crippen LogP contribution in [0.5, 0.6) is 0 Å². The summed E-state index contributed by atoms with van der Waals surface area (Å²) >= 11 is 5.69. The number of hydrogen-bond acceptors (Lipinski definition) is 2. The summed E-state index contributed by atoms with van der Waals surface area (Å²) in [6.07, 6.45) is 2.06. The fraction of sp³-hybridized carbons (Fsp3) is 0.417. The molecular formula is C12H12ClFN2O. The highest BCUT2D eigenvalue weighted by molar-refractivity contribution is 6.31. The zero-order chi connectivity index (χ0) is 12.2. The molecular weight excluding hydrogens is 243 g/mol. The van der Waals surface area contributed by atoms with Gasteiger partial charge in [-0.15, -0.1) is 0 Å². The molecule has 17 heavy (non-hydrogen) atoms. The summed E-state index contributed by atoms with van der Waals surface area (Å²) in [5.41, 5.74) is 0.508. The van der Waals surface area contributed by atoms with E-state index in [2.05, 4.69) is 10.6 Å². The second-order valence-electron chi connectivity index (χ2n) is 4.87. The first-order valence-electron chi connectivity index (χ1n) is 5.59. The van der Waals surface area contributed by atoms with Gasteiger partial charge in [0.15, 0.2) is 0 Å². The highest BCUT2D eigenvalue weighted by Gasteiger charge is 2.49. The van der Waals surface area contributed by atoms with Crippen molar-refractivity contribution < 1.29 is 9.18 Å². The molecule has 1 aromatic rings. The number of benzene rings is 1. The summed E-state index contributed by atoms with van der Waals surface area (Å²) < 4.78 is 13.4. The van der Waals surface area contributed by atoms with Gasteiger partial charge in [-0.2, -0.15) is 0 Å². The number of fused-ring (bicyclic) bond motifs is 1. The first-order chi connectivity index (χ1) is 8.00. The molecule has 1 heterocycles. The lowest BCUT2D eigenvalue weighted by Gasteiger charge is -2.36. The van der Waals surface area contributed by atoms with Gasteiger partial charge in [0.2, 0.25) is 5.91 Å². The lowest BCUT2D eigenvalue weighted by atomic mass is 9.91. The van der Waals surface area contributed by atoms with E-state index in [9.17, 15) is 9.18 Å². The molecule has 1 aliphatic heterocycles. The summed E-state index contributed by atoms with van der Waals surface area (Å²) in [7, 11) is 0. The van der Waals surface area contributed by atoms with Crippen molar-refractivity contribution in [3.63, 3.8) is 0 Å². The van der Waals surface area contributed by atoms with Gasteiger partial charge in [0.1, 0.15) is 11.4 Å². The zero-order valence-corrected chi connectivity index (χ0v) is 10.1. The number of carbonyl (C=O) groups excluding carboxylic acids is 1. The third kappa shape index (κ3) is 1.59. The number of carbonyl (C=O) groups is 1. The molecule has 1 amide bonds. The van der Waals surface area contributed by atoms with Crippen molar-refractivity contribution in [1.29, 1.82) is 0 Å².